The molecule has 4 rings (SSSR count). The quantitative estimate of drug-likeness (QED) is 0.510. The SMILES string of the molecule is COc1cccc(NC2=C(c3ccc(OC(C)C)cc3)C(=O)N(c3ccccc3C)C2=O)c1. The molecule has 1 aliphatic rings. The summed E-state index contributed by atoms with van der Waals surface area (Å²) in [5.74, 6) is 0.556. The van der Waals surface area contributed by atoms with E-state index in [1.165, 1.54) is 4.90 Å². The summed E-state index contributed by atoms with van der Waals surface area (Å²) in [7, 11) is 1.58. The second-order valence-corrected chi connectivity index (χ2v) is 8.03. The second-order valence-electron chi connectivity index (χ2n) is 8.03. The Balaban J connectivity index is 1.79. The Morgan fingerprint density at radius 2 is 1.58 bits per heavy atom. The molecular formula is C27H26N2O4. The molecule has 3 aromatic rings. The van der Waals surface area contributed by atoms with Crippen molar-refractivity contribution in [1.82, 2.24) is 0 Å². The zero-order chi connectivity index (χ0) is 23.5. The Kier molecular flexibility index (Phi) is 6.18. The van der Waals surface area contributed by atoms with Crippen LogP contribution in [-0.4, -0.2) is 25.0 Å². The Labute approximate surface area is 193 Å². The molecule has 0 spiro atoms. The molecule has 0 saturated carbocycles. The van der Waals surface area contributed by atoms with Crippen molar-refractivity contribution in [3.63, 3.8) is 0 Å². The molecule has 0 saturated heterocycles. The highest BCUT2D eigenvalue weighted by molar-refractivity contribution is 6.46. The van der Waals surface area contributed by atoms with Gasteiger partial charge in [0, 0.05) is 11.8 Å². The van der Waals surface area contributed by atoms with Crippen molar-refractivity contribution < 1.29 is 19.1 Å². The molecule has 2 amide bonds. The van der Waals surface area contributed by atoms with E-state index in [4.69, 9.17) is 9.47 Å². The van der Waals surface area contributed by atoms with E-state index < -0.39 is 5.91 Å². The number of carbonyl (C=O) groups excluding carboxylic acids is 2. The number of hydrogen-bond acceptors (Lipinski definition) is 5. The molecule has 6 heteroatoms. The van der Waals surface area contributed by atoms with Crippen LogP contribution in [0.3, 0.4) is 0 Å². The number of nitrogens with one attached hydrogen (secondary N) is 1. The Hall–Kier alpha value is -4.06. The number of hydrogen-bond donors (Lipinski definition) is 1. The summed E-state index contributed by atoms with van der Waals surface area (Å²) >= 11 is 0. The fourth-order valence-electron chi connectivity index (χ4n) is 3.76. The summed E-state index contributed by atoms with van der Waals surface area (Å²) in [6.07, 6.45) is 0.0339. The molecule has 168 valence electrons. The van der Waals surface area contributed by atoms with Gasteiger partial charge in [-0.25, -0.2) is 4.90 Å². The van der Waals surface area contributed by atoms with Gasteiger partial charge in [-0.15, -0.1) is 0 Å². The van der Waals surface area contributed by atoms with Gasteiger partial charge >= 0.3 is 0 Å². The van der Waals surface area contributed by atoms with Gasteiger partial charge < -0.3 is 14.8 Å². The predicted octanol–water partition coefficient (Wildman–Crippen LogP) is 5.19. The largest absolute Gasteiger partial charge is 0.497 e. The van der Waals surface area contributed by atoms with E-state index in [9.17, 15) is 9.59 Å². The third-order valence-electron chi connectivity index (χ3n) is 5.29. The van der Waals surface area contributed by atoms with Gasteiger partial charge in [-0.2, -0.15) is 0 Å². The maximum absolute atomic E-state index is 13.6. The van der Waals surface area contributed by atoms with Crippen molar-refractivity contribution in [1.29, 1.82) is 0 Å². The summed E-state index contributed by atoms with van der Waals surface area (Å²) in [6.45, 7) is 5.78. The molecule has 0 aliphatic carbocycles. The lowest BCUT2D eigenvalue weighted by Gasteiger charge is -2.17. The highest BCUT2D eigenvalue weighted by Gasteiger charge is 2.40. The van der Waals surface area contributed by atoms with Gasteiger partial charge in [0.2, 0.25) is 0 Å². The molecule has 1 N–H and O–H groups in total. The average molecular weight is 443 g/mol. The highest BCUT2D eigenvalue weighted by atomic mass is 16.5. The highest BCUT2D eigenvalue weighted by Crippen LogP contribution is 2.36. The molecule has 0 unspecified atom stereocenters. The van der Waals surface area contributed by atoms with E-state index in [1.807, 2.05) is 57.2 Å². The third-order valence-corrected chi connectivity index (χ3v) is 5.29. The van der Waals surface area contributed by atoms with Gasteiger partial charge in [0.1, 0.15) is 17.2 Å². The van der Waals surface area contributed by atoms with Gasteiger partial charge in [0.15, 0.2) is 0 Å². The van der Waals surface area contributed by atoms with E-state index in [1.54, 1.807) is 43.5 Å². The number of aryl methyl sites for hydroxylation is 1. The first kappa shape index (κ1) is 22.1. The Morgan fingerprint density at radius 3 is 2.24 bits per heavy atom. The van der Waals surface area contributed by atoms with Crippen LogP contribution >= 0.6 is 0 Å². The van der Waals surface area contributed by atoms with E-state index in [-0.39, 0.29) is 17.7 Å². The van der Waals surface area contributed by atoms with Crippen LogP contribution in [0.2, 0.25) is 0 Å². The minimum atomic E-state index is -0.408. The molecule has 0 fully saturated rings. The van der Waals surface area contributed by atoms with Crippen LogP contribution in [0.5, 0.6) is 11.5 Å². The summed E-state index contributed by atoms with van der Waals surface area (Å²) in [5, 5.41) is 3.17. The van der Waals surface area contributed by atoms with Crippen LogP contribution in [0.15, 0.2) is 78.5 Å². The minimum absolute atomic E-state index is 0.0339. The van der Waals surface area contributed by atoms with Crippen molar-refractivity contribution in [2.75, 3.05) is 17.3 Å². The normalized spacial score (nSPS) is 13.7. The van der Waals surface area contributed by atoms with E-state index in [0.717, 1.165) is 5.56 Å². The fourth-order valence-corrected chi connectivity index (χ4v) is 3.76. The number of rotatable bonds is 7. The molecule has 0 bridgehead atoms. The number of ether oxygens (including phenoxy) is 2. The van der Waals surface area contributed by atoms with E-state index in [2.05, 4.69) is 5.32 Å². The first-order chi connectivity index (χ1) is 15.9. The lowest BCUT2D eigenvalue weighted by Crippen LogP contribution is -2.33. The second kappa shape index (κ2) is 9.20. The maximum atomic E-state index is 13.6. The predicted molar refractivity (Wildman–Crippen MR) is 129 cm³/mol. The number of para-hydroxylation sites is 1. The molecule has 3 aromatic carbocycles. The first-order valence-electron chi connectivity index (χ1n) is 10.8. The number of nitrogens with zero attached hydrogens (tertiary/aromatic N) is 1. The Morgan fingerprint density at radius 1 is 0.848 bits per heavy atom. The van der Waals surface area contributed by atoms with Crippen LogP contribution < -0.4 is 19.7 Å². The summed E-state index contributed by atoms with van der Waals surface area (Å²) < 4.78 is 11.0. The number of methoxy groups -OCH3 is 1. The average Bonchev–Trinajstić information content (AvgIpc) is 3.04. The maximum Gasteiger partial charge on any atom is 0.282 e. The lowest BCUT2D eigenvalue weighted by atomic mass is 10.0. The van der Waals surface area contributed by atoms with Gasteiger partial charge in [0.25, 0.3) is 11.8 Å². The zero-order valence-electron chi connectivity index (χ0n) is 19.1. The van der Waals surface area contributed by atoms with Crippen molar-refractivity contribution in [3.05, 3.63) is 89.6 Å². The van der Waals surface area contributed by atoms with Gasteiger partial charge in [-0.05, 0) is 62.2 Å². The molecular weight excluding hydrogens is 416 g/mol. The summed E-state index contributed by atoms with van der Waals surface area (Å²) in [4.78, 5) is 28.4. The monoisotopic (exact) mass is 442 g/mol. The van der Waals surface area contributed by atoms with Crippen LogP contribution in [0.1, 0.15) is 25.0 Å². The number of anilines is 2. The van der Waals surface area contributed by atoms with Crippen molar-refractivity contribution in [2.24, 2.45) is 0 Å². The molecule has 0 atom stereocenters. The standard InChI is InChI=1S/C27H26N2O4/c1-17(2)33-21-14-12-19(13-15-21)24-25(28-20-9-7-10-22(16-20)32-4)27(31)29(26(24)30)23-11-6-5-8-18(23)3/h5-17,28H,1-4H3. The van der Waals surface area contributed by atoms with Crippen LogP contribution in [0, 0.1) is 6.92 Å². The minimum Gasteiger partial charge on any atom is -0.497 e. The fraction of sp³-hybridized carbons (Fsp3) is 0.185. The van der Waals surface area contributed by atoms with E-state index in [0.29, 0.717) is 34.0 Å². The van der Waals surface area contributed by atoms with Crippen LogP contribution in [-0.2, 0) is 9.59 Å². The zero-order valence-corrected chi connectivity index (χ0v) is 19.1. The first-order valence-corrected chi connectivity index (χ1v) is 10.8. The summed E-state index contributed by atoms with van der Waals surface area (Å²) in [5.41, 5.74) is 3.20. The topological polar surface area (TPSA) is 67.9 Å². The summed E-state index contributed by atoms with van der Waals surface area (Å²) in [6, 6.07) is 21.8. The molecule has 0 aromatic heterocycles. The van der Waals surface area contributed by atoms with Gasteiger partial charge in [-0.3, -0.25) is 9.59 Å². The van der Waals surface area contributed by atoms with Gasteiger partial charge in [-0.1, -0.05) is 36.4 Å². The third kappa shape index (κ3) is 4.46. The van der Waals surface area contributed by atoms with Crippen LogP contribution in [0.25, 0.3) is 5.57 Å². The number of amides is 2. The van der Waals surface area contributed by atoms with E-state index >= 15 is 0 Å². The molecule has 6 nitrogen and oxygen atoms in total. The number of carbonyl (C=O) groups is 2. The number of imide groups is 1. The van der Waals surface area contributed by atoms with Crippen molar-refractivity contribution in [2.45, 2.75) is 26.9 Å². The molecule has 33 heavy (non-hydrogen) atoms. The molecule has 0 radical (unpaired) electrons. The Bertz CT molecular complexity index is 1230. The van der Waals surface area contributed by atoms with Crippen molar-refractivity contribution >= 4 is 28.8 Å². The van der Waals surface area contributed by atoms with Crippen molar-refractivity contribution in [3.8, 4) is 11.5 Å². The molecule has 1 heterocycles. The van der Waals surface area contributed by atoms with Crippen LogP contribution in [0.4, 0.5) is 11.4 Å². The molecule has 1 aliphatic heterocycles. The van der Waals surface area contributed by atoms with Gasteiger partial charge in [0.05, 0.1) is 24.5 Å². The lowest BCUT2D eigenvalue weighted by molar-refractivity contribution is -0.120. The smallest absolute Gasteiger partial charge is 0.282 e. The number of benzene rings is 3.